The molecular formula is C12H6Cl2F2I+. The van der Waals surface area contributed by atoms with Crippen LogP contribution in [0.1, 0.15) is 0 Å². The van der Waals surface area contributed by atoms with Crippen molar-refractivity contribution < 1.29 is 30.0 Å². The fourth-order valence-electron chi connectivity index (χ4n) is 1.20. The summed E-state index contributed by atoms with van der Waals surface area (Å²) in [7, 11) is 0. The third-order valence-electron chi connectivity index (χ3n) is 1.97. The number of hydrogen-bond donors (Lipinski definition) is 0. The van der Waals surface area contributed by atoms with Gasteiger partial charge in [0, 0.05) is 22.2 Å². The molecule has 0 radical (unpaired) electrons. The lowest BCUT2D eigenvalue weighted by Gasteiger charge is -1.94. The molecular weight excluding hydrogens is 380 g/mol. The molecule has 2 rings (SSSR count). The second kappa shape index (κ2) is 5.50. The number of benzene rings is 2. The van der Waals surface area contributed by atoms with E-state index in [1.165, 1.54) is 36.4 Å². The van der Waals surface area contributed by atoms with Gasteiger partial charge in [-0.15, -0.1) is 0 Å². The van der Waals surface area contributed by atoms with Crippen molar-refractivity contribution in [3.8, 4) is 0 Å². The van der Waals surface area contributed by atoms with Crippen LogP contribution in [0.4, 0.5) is 8.78 Å². The highest BCUT2D eigenvalue weighted by molar-refractivity contribution is 6.30. The molecule has 0 N–H and O–H groups in total. The Morgan fingerprint density at radius 1 is 0.765 bits per heavy atom. The van der Waals surface area contributed by atoms with Gasteiger partial charge in [-0.25, -0.2) is 8.78 Å². The maximum absolute atomic E-state index is 13.5. The van der Waals surface area contributed by atoms with Gasteiger partial charge in [-0.2, -0.15) is 0 Å². The Morgan fingerprint density at radius 3 is 1.59 bits per heavy atom. The van der Waals surface area contributed by atoms with Crippen LogP contribution in [0.25, 0.3) is 0 Å². The highest BCUT2D eigenvalue weighted by Gasteiger charge is 2.24. The molecule has 2 aromatic carbocycles. The zero-order chi connectivity index (χ0) is 12.4. The Balaban J connectivity index is 2.37. The summed E-state index contributed by atoms with van der Waals surface area (Å²) < 4.78 is 27.9. The van der Waals surface area contributed by atoms with E-state index < -0.39 is 21.2 Å². The Bertz CT molecular complexity index is 509. The van der Waals surface area contributed by atoms with Crippen molar-refractivity contribution >= 4 is 23.2 Å². The van der Waals surface area contributed by atoms with Crippen LogP contribution >= 0.6 is 23.2 Å². The van der Waals surface area contributed by atoms with Gasteiger partial charge in [-0.05, 0) is 24.3 Å². The summed E-state index contributed by atoms with van der Waals surface area (Å²) in [5, 5.41) is 0.895. The van der Waals surface area contributed by atoms with E-state index in [1.54, 1.807) is 0 Å². The van der Waals surface area contributed by atoms with E-state index in [0.717, 1.165) is 0 Å². The lowest BCUT2D eigenvalue weighted by atomic mass is 10.3. The molecule has 0 spiro atoms. The fourth-order valence-corrected chi connectivity index (χ4v) is 4.39. The SMILES string of the molecule is Fc1ccc(Cl)cc1[I+]c1cc(Cl)ccc1F. The van der Waals surface area contributed by atoms with Crippen molar-refractivity contribution in [1.82, 2.24) is 0 Å². The quantitative estimate of drug-likeness (QED) is 0.541. The predicted octanol–water partition coefficient (Wildman–Crippen LogP) is 1.40. The molecule has 5 heteroatoms. The van der Waals surface area contributed by atoms with Gasteiger partial charge in [-0.3, -0.25) is 0 Å². The van der Waals surface area contributed by atoms with Crippen molar-refractivity contribution in [3.63, 3.8) is 0 Å². The van der Waals surface area contributed by atoms with E-state index in [0.29, 0.717) is 17.2 Å². The van der Waals surface area contributed by atoms with Crippen molar-refractivity contribution in [1.29, 1.82) is 0 Å². The van der Waals surface area contributed by atoms with Crippen LogP contribution in [0.15, 0.2) is 36.4 Å². The molecule has 0 aliphatic heterocycles. The summed E-state index contributed by atoms with van der Waals surface area (Å²) in [6.07, 6.45) is 0. The molecule has 2 aromatic rings. The largest absolute Gasteiger partial charge is 0.364 e. The minimum atomic E-state index is -0.967. The molecule has 0 bridgehead atoms. The molecule has 0 saturated carbocycles. The van der Waals surface area contributed by atoms with Gasteiger partial charge in [0.1, 0.15) is 0 Å². The molecule has 0 heterocycles. The molecule has 88 valence electrons. The molecule has 0 atom stereocenters. The molecule has 0 amide bonds. The number of halogens is 5. The molecule has 0 aliphatic carbocycles. The zero-order valence-corrected chi connectivity index (χ0v) is 12.0. The first-order valence-corrected chi connectivity index (χ1v) is 7.52. The van der Waals surface area contributed by atoms with Crippen LogP contribution < -0.4 is 21.2 Å². The summed E-state index contributed by atoms with van der Waals surface area (Å²) in [5.74, 6) is -0.719. The van der Waals surface area contributed by atoms with Gasteiger partial charge in [0.25, 0.3) is 0 Å². The lowest BCUT2D eigenvalue weighted by Crippen LogP contribution is -3.62. The van der Waals surface area contributed by atoms with E-state index in [1.807, 2.05) is 0 Å². The normalized spacial score (nSPS) is 10.6. The van der Waals surface area contributed by atoms with Crippen molar-refractivity contribution in [2.24, 2.45) is 0 Å². The Kier molecular flexibility index (Phi) is 4.22. The highest BCUT2D eigenvalue weighted by Crippen LogP contribution is 2.10. The summed E-state index contributed by atoms with van der Waals surface area (Å²) in [5.41, 5.74) is 0. The molecule has 17 heavy (non-hydrogen) atoms. The summed E-state index contributed by atoms with van der Waals surface area (Å²) in [6, 6.07) is 8.59. The Hall–Kier alpha value is -0.390. The molecule has 0 fully saturated rings. The lowest BCUT2D eigenvalue weighted by molar-refractivity contribution is -0.603. The second-order valence-corrected chi connectivity index (χ2v) is 6.95. The van der Waals surface area contributed by atoms with E-state index in [2.05, 4.69) is 0 Å². The maximum Gasteiger partial charge on any atom is 0.364 e. The van der Waals surface area contributed by atoms with Gasteiger partial charge in [-0.1, -0.05) is 23.2 Å². The van der Waals surface area contributed by atoms with Crippen LogP contribution in [0.2, 0.25) is 10.0 Å². The number of hydrogen-bond acceptors (Lipinski definition) is 0. The van der Waals surface area contributed by atoms with Gasteiger partial charge in [0.2, 0.25) is 7.14 Å². The van der Waals surface area contributed by atoms with Crippen LogP contribution in [0.5, 0.6) is 0 Å². The van der Waals surface area contributed by atoms with Crippen molar-refractivity contribution in [2.45, 2.75) is 0 Å². The van der Waals surface area contributed by atoms with E-state index >= 15 is 0 Å². The monoisotopic (exact) mass is 385 g/mol. The van der Waals surface area contributed by atoms with E-state index in [9.17, 15) is 8.78 Å². The Labute approximate surface area is 118 Å². The first-order valence-electron chi connectivity index (χ1n) is 4.61. The van der Waals surface area contributed by atoms with Gasteiger partial charge >= 0.3 is 21.2 Å². The van der Waals surface area contributed by atoms with Gasteiger partial charge < -0.3 is 0 Å². The van der Waals surface area contributed by atoms with E-state index in [4.69, 9.17) is 23.2 Å². The summed E-state index contributed by atoms with van der Waals surface area (Å²) >= 11 is 10.6. The van der Waals surface area contributed by atoms with Crippen LogP contribution in [-0.4, -0.2) is 0 Å². The molecule has 0 aliphatic rings. The molecule has 0 unspecified atom stereocenters. The first kappa shape index (κ1) is 13.1. The van der Waals surface area contributed by atoms with Crippen molar-refractivity contribution in [3.05, 3.63) is 65.2 Å². The van der Waals surface area contributed by atoms with Gasteiger partial charge in [0.05, 0.1) is 0 Å². The topological polar surface area (TPSA) is 0 Å². The predicted molar refractivity (Wildman–Crippen MR) is 60.2 cm³/mol. The van der Waals surface area contributed by atoms with Crippen molar-refractivity contribution in [2.75, 3.05) is 0 Å². The van der Waals surface area contributed by atoms with Crippen LogP contribution in [-0.2, 0) is 0 Å². The van der Waals surface area contributed by atoms with E-state index in [-0.39, 0.29) is 11.6 Å². The minimum absolute atomic E-state index is 0.360. The summed E-state index contributed by atoms with van der Waals surface area (Å²) in [6.45, 7) is 0. The third-order valence-corrected chi connectivity index (χ3v) is 5.25. The standard InChI is InChI=1S/C12H6Cl2F2I/c13-7-1-3-9(15)11(5-7)17-12-6-8(14)2-4-10(12)16/h1-6H/q+1. The molecule has 0 aromatic heterocycles. The van der Waals surface area contributed by atoms with Gasteiger partial charge in [0.15, 0.2) is 11.6 Å². The Morgan fingerprint density at radius 2 is 1.18 bits per heavy atom. The van der Waals surface area contributed by atoms with Crippen LogP contribution in [0, 0.1) is 18.8 Å². The fraction of sp³-hybridized carbons (Fsp3) is 0. The molecule has 0 saturated heterocycles. The zero-order valence-electron chi connectivity index (χ0n) is 8.35. The number of rotatable bonds is 2. The average Bonchev–Trinajstić information content (AvgIpc) is 2.28. The average molecular weight is 386 g/mol. The smallest absolute Gasteiger partial charge is 0.202 e. The second-order valence-electron chi connectivity index (χ2n) is 3.21. The highest BCUT2D eigenvalue weighted by atomic mass is 127. The van der Waals surface area contributed by atoms with Crippen LogP contribution in [0.3, 0.4) is 0 Å². The third kappa shape index (κ3) is 3.30. The summed E-state index contributed by atoms with van der Waals surface area (Å²) in [4.78, 5) is 0. The minimum Gasteiger partial charge on any atom is -0.202 e. The first-order chi connectivity index (χ1) is 8.06. The maximum atomic E-state index is 13.5. The molecule has 0 nitrogen and oxygen atoms in total.